The Morgan fingerprint density at radius 2 is 2.10 bits per heavy atom. The third-order valence-corrected chi connectivity index (χ3v) is 5.65. The number of nitrogens with zero attached hydrogens (tertiary/aromatic N) is 3. The van der Waals surface area contributed by atoms with Crippen LogP contribution in [0, 0.1) is 0 Å². The summed E-state index contributed by atoms with van der Waals surface area (Å²) in [7, 11) is 1.84. The van der Waals surface area contributed by atoms with Crippen molar-refractivity contribution in [3.05, 3.63) is 60.0 Å². The van der Waals surface area contributed by atoms with Gasteiger partial charge >= 0.3 is 125 Å². The Kier molecular flexibility index (Phi) is 6.27. The Morgan fingerprint density at radius 1 is 1.29 bits per heavy atom. The van der Waals surface area contributed by atoms with E-state index in [1.54, 1.807) is 23.1 Å². The second-order valence-corrected chi connectivity index (χ2v) is 7.87. The zero-order chi connectivity index (χ0) is 21.8. The zero-order valence-corrected chi connectivity index (χ0v) is 17.6. The van der Waals surface area contributed by atoms with Crippen LogP contribution in [0.25, 0.3) is 11.1 Å². The Hall–Kier alpha value is -3.26. The van der Waals surface area contributed by atoms with E-state index in [1.807, 2.05) is 44.4 Å². The molecule has 4 rings (SSSR count). The van der Waals surface area contributed by atoms with Crippen LogP contribution in [0.4, 0.5) is 5.82 Å². The van der Waals surface area contributed by atoms with Gasteiger partial charge in [0.15, 0.2) is 0 Å². The predicted molar refractivity (Wildman–Crippen MR) is 123 cm³/mol. The molecule has 1 fully saturated rings. The van der Waals surface area contributed by atoms with Crippen molar-refractivity contribution < 1.29 is 9.53 Å². The summed E-state index contributed by atoms with van der Waals surface area (Å²) < 4.78 is 7.84. The van der Waals surface area contributed by atoms with Crippen molar-refractivity contribution in [1.82, 2.24) is 20.1 Å². The number of pyridine rings is 1. The number of nitrogens with one attached hydrogen (secondary N) is 1. The standard InChI is InChI=1S/C23H26BN5O2/c1-24-18-8-6-15(7-9-18)14-31-21-5-3-4-20(21)28-23(30)19-10-16(11-26-22(19)25)17-12-27-29(2)13-17/h6-13,20-21H,1,3-5,14H2,2H3,(H2,25,26)(H,28,30)/t20-,21?/m0/s1. The van der Waals surface area contributed by atoms with Gasteiger partial charge in [-0.25, -0.2) is 4.98 Å². The maximum atomic E-state index is 13.0. The summed E-state index contributed by atoms with van der Waals surface area (Å²) >= 11 is 0. The summed E-state index contributed by atoms with van der Waals surface area (Å²) in [6, 6.07) is 9.82. The van der Waals surface area contributed by atoms with Crippen molar-refractivity contribution in [2.45, 2.75) is 38.0 Å². The molecule has 8 heteroatoms. The van der Waals surface area contributed by atoms with Crippen molar-refractivity contribution in [3.63, 3.8) is 0 Å². The van der Waals surface area contributed by atoms with E-state index in [0.717, 1.165) is 41.4 Å². The van der Waals surface area contributed by atoms with Gasteiger partial charge in [-0.05, 0) is 0 Å². The molecular formula is C23H26BN5O2. The van der Waals surface area contributed by atoms with E-state index in [1.165, 1.54) is 0 Å². The van der Waals surface area contributed by atoms with E-state index < -0.39 is 0 Å². The van der Waals surface area contributed by atoms with Crippen LogP contribution in [0.3, 0.4) is 0 Å². The van der Waals surface area contributed by atoms with Gasteiger partial charge in [0.1, 0.15) is 0 Å². The van der Waals surface area contributed by atoms with E-state index in [2.05, 4.69) is 21.9 Å². The predicted octanol–water partition coefficient (Wildman–Crippen LogP) is 1.69. The van der Waals surface area contributed by atoms with Gasteiger partial charge < -0.3 is 5.73 Å². The number of hydrogen-bond acceptors (Lipinski definition) is 5. The quantitative estimate of drug-likeness (QED) is 0.573. The molecule has 1 unspecified atom stereocenters. The van der Waals surface area contributed by atoms with Crippen molar-refractivity contribution in [2.24, 2.45) is 7.05 Å². The number of nitrogens with two attached hydrogens (primary N) is 1. The molecule has 1 saturated carbocycles. The first-order valence-electron chi connectivity index (χ1n) is 10.4. The minimum absolute atomic E-state index is 0.0290. The molecule has 0 aliphatic heterocycles. The number of carbonyl (C=O) groups is 1. The third kappa shape index (κ3) is 4.91. The summed E-state index contributed by atoms with van der Waals surface area (Å²) in [5.41, 5.74) is 10.2. The van der Waals surface area contributed by atoms with Gasteiger partial charge in [-0.2, -0.15) is 5.10 Å². The molecule has 0 radical (unpaired) electrons. The zero-order valence-electron chi connectivity index (χ0n) is 17.6. The van der Waals surface area contributed by atoms with E-state index in [-0.39, 0.29) is 23.9 Å². The first kappa shape index (κ1) is 21.0. The van der Waals surface area contributed by atoms with Crippen LogP contribution in [0.5, 0.6) is 0 Å². The molecule has 2 aromatic heterocycles. The molecule has 1 aromatic carbocycles. The summed E-state index contributed by atoms with van der Waals surface area (Å²) in [4.78, 5) is 17.2. The summed E-state index contributed by atoms with van der Waals surface area (Å²) in [6.45, 7) is 6.10. The van der Waals surface area contributed by atoms with Crippen molar-refractivity contribution in [1.29, 1.82) is 0 Å². The molecule has 1 amide bonds. The molecule has 7 nitrogen and oxygen atoms in total. The van der Waals surface area contributed by atoms with E-state index in [9.17, 15) is 4.79 Å². The number of carbonyl (C=O) groups excluding carboxylic acids is 1. The molecule has 0 saturated heterocycles. The van der Waals surface area contributed by atoms with Gasteiger partial charge in [0.2, 0.25) is 0 Å². The van der Waals surface area contributed by atoms with Crippen LogP contribution in [-0.4, -0.2) is 46.2 Å². The average Bonchev–Trinajstić information content (AvgIpc) is 3.41. The van der Waals surface area contributed by atoms with Gasteiger partial charge in [0, 0.05) is 30.6 Å². The van der Waals surface area contributed by atoms with Gasteiger partial charge in [-0.1, -0.05) is 0 Å². The number of nitrogen functional groups attached to an aromatic ring is 1. The fraction of sp³-hybridized carbons (Fsp3) is 0.304. The van der Waals surface area contributed by atoms with E-state index in [4.69, 9.17) is 10.5 Å². The first-order valence-corrected chi connectivity index (χ1v) is 10.4. The van der Waals surface area contributed by atoms with Crippen LogP contribution in [0.1, 0.15) is 35.2 Å². The summed E-state index contributed by atoms with van der Waals surface area (Å²) in [6.07, 6.45) is 8.03. The first-order chi connectivity index (χ1) is 15.0. The van der Waals surface area contributed by atoms with Crippen LogP contribution < -0.4 is 16.5 Å². The maximum absolute atomic E-state index is 13.0. The second-order valence-electron chi connectivity index (χ2n) is 7.87. The number of amides is 1. The Morgan fingerprint density at radius 3 is 2.81 bits per heavy atom. The van der Waals surface area contributed by atoms with Crippen molar-refractivity contribution >= 4 is 30.6 Å². The Bertz CT molecular complexity index is 1080. The van der Waals surface area contributed by atoms with Crippen LogP contribution in [-0.2, 0) is 18.4 Å². The molecule has 3 N–H and O–H groups in total. The van der Waals surface area contributed by atoms with Gasteiger partial charge in [0.05, 0.1) is 6.20 Å². The molecular weight excluding hydrogens is 389 g/mol. The Labute approximate surface area is 182 Å². The summed E-state index contributed by atoms with van der Waals surface area (Å²) in [5, 5.41) is 7.28. The van der Waals surface area contributed by atoms with Gasteiger partial charge in [-0.3, -0.25) is 4.68 Å². The molecule has 158 valence electrons. The SMILES string of the molecule is C=Bc1ccc(COC2CCC[C@@H]2NC(=O)c2cc(-c3cnn(C)c3)cnc2N)cc1. The third-order valence-electron chi connectivity index (χ3n) is 5.65. The number of aryl methyl sites for hydroxylation is 1. The second kappa shape index (κ2) is 9.26. The molecule has 1 aliphatic carbocycles. The average molecular weight is 415 g/mol. The monoisotopic (exact) mass is 415 g/mol. The van der Waals surface area contributed by atoms with Gasteiger partial charge in [0.25, 0.3) is 0 Å². The number of anilines is 1. The molecule has 0 spiro atoms. The summed E-state index contributed by atoms with van der Waals surface area (Å²) in [5.74, 6) is -0.0190. The van der Waals surface area contributed by atoms with Crippen molar-refractivity contribution in [2.75, 3.05) is 5.73 Å². The Balaban J connectivity index is 1.41. The topological polar surface area (TPSA) is 95.1 Å². The number of rotatable bonds is 7. The normalized spacial score (nSPS) is 18.0. The molecule has 1 aliphatic rings. The number of aromatic nitrogens is 3. The molecule has 3 aromatic rings. The molecule has 31 heavy (non-hydrogen) atoms. The van der Waals surface area contributed by atoms with E-state index in [0.29, 0.717) is 12.2 Å². The van der Waals surface area contributed by atoms with E-state index >= 15 is 0 Å². The molecule has 2 atom stereocenters. The van der Waals surface area contributed by atoms with Crippen LogP contribution in [0.15, 0.2) is 48.9 Å². The van der Waals surface area contributed by atoms with Crippen molar-refractivity contribution in [3.8, 4) is 11.1 Å². The molecule has 0 bridgehead atoms. The van der Waals surface area contributed by atoms with Crippen LogP contribution in [0.2, 0.25) is 0 Å². The minimum atomic E-state index is -0.230. The number of ether oxygens (including phenoxy) is 1. The van der Waals surface area contributed by atoms with Crippen LogP contribution >= 0.6 is 0 Å². The fourth-order valence-electron chi connectivity index (χ4n) is 3.88. The fourth-order valence-corrected chi connectivity index (χ4v) is 3.88. The number of benzene rings is 1. The number of hydrogen-bond donors (Lipinski definition) is 2. The van der Waals surface area contributed by atoms with Gasteiger partial charge in [-0.15, -0.1) is 0 Å². The molecule has 2 heterocycles.